The number of benzene rings is 1. The standard InChI is InChI=1S/C15H24N3O3PS3/c1-12(2)18(22(23,20-4)14-9-7-6-8-10-14)25-11-16-15(19)21-17-13(3)24-5/h6-10,12H,11H2,1-5H3,(H,16,19)/b17-13+. The summed E-state index contributed by atoms with van der Waals surface area (Å²) < 4.78 is 7.80. The Morgan fingerprint density at radius 2 is 2.04 bits per heavy atom. The molecule has 1 unspecified atom stereocenters. The molecule has 6 nitrogen and oxygen atoms in total. The lowest BCUT2D eigenvalue weighted by atomic mass is 10.4. The van der Waals surface area contributed by atoms with Crippen LogP contribution in [0.4, 0.5) is 4.79 Å². The predicted octanol–water partition coefficient (Wildman–Crippen LogP) is 4.01. The molecule has 0 aromatic heterocycles. The first-order valence-corrected chi connectivity index (χ1v) is 12.4. The van der Waals surface area contributed by atoms with Crippen LogP contribution in [-0.4, -0.2) is 40.5 Å². The number of oxime groups is 1. The Morgan fingerprint density at radius 1 is 1.40 bits per heavy atom. The SMILES string of the molecule is COP(=S)(c1ccccc1)N(SCNC(=O)O/N=C(\C)SC)C(C)C. The zero-order valence-corrected chi connectivity index (χ0v) is 18.3. The predicted molar refractivity (Wildman–Crippen MR) is 113 cm³/mol. The van der Waals surface area contributed by atoms with E-state index in [-0.39, 0.29) is 6.04 Å². The van der Waals surface area contributed by atoms with Gasteiger partial charge in [0.1, 0.15) is 5.04 Å². The number of nitrogens with zero attached hydrogens (tertiary/aromatic N) is 2. The largest absolute Gasteiger partial charge is 0.434 e. The molecule has 0 radical (unpaired) electrons. The van der Waals surface area contributed by atoms with E-state index in [4.69, 9.17) is 21.2 Å². The molecule has 0 spiro atoms. The molecule has 1 aromatic rings. The Bertz CT molecular complexity index is 629. The molecule has 0 aliphatic carbocycles. The zero-order chi connectivity index (χ0) is 18.9. The Morgan fingerprint density at radius 3 is 2.56 bits per heavy atom. The van der Waals surface area contributed by atoms with Crippen LogP contribution < -0.4 is 10.6 Å². The summed E-state index contributed by atoms with van der Waals surface area (Å²) >= 11 is 8.69. The van der Waals surface area contributed by atoms with Crippen molar-refractivity contribution in [1.29, 1.82) is 0 Å². The molecule has 25 heavy (non-hydrogen) atoms. The lowest BCUT2D eigenvalue weighted by Gasteiger charge is -2.35. The molecule has 1 atom stereocenters. The number of nitrogens with one attached hydrogen (secondary N) is 1. The first kappa shape index (κ1) is 22.5. The van der Waals surface area contributed by atoms with E-state index in [2.05, 4.69) is 10.5 Å². The van der Waals surface area contributed by atoms with Gasteiger partial charge in [0.05, 0.1) is 5.88 Å². The van der Waals surface area contributed by atoms with Crippen LogP contribution in [0.15, 0.2) is 35.5 Å². The second-order valence-electron chi connectivity index (χ2n) is 5.08. The second-order valence-corrected chi connectivity index (χ2v) is 11.1. The van der Waals surface area contributed by atoms with E-state index in [0.29, 0.717) is 10.9 Å². The summed E-state index contributed by atoms with van der Waals surface area (Å²) in [5, 5.41) is 7.99. The van der Waals surface area contributed by atoms with Crippen LogP contribution in [0.5, 0.6) is 0 Å². The molecule has 1 aromatic carbocycles. The highest BCUT2D eigenvalue weighted by Crippen LogP contribution is 2.54. The van der Waals surface area contributed by atoms with Gasteiger partial charge in [0.2, 0.25) is 0 Å². The van der Waals surface area contributed by atoms with Crippen molar-refractivity contribution in [1.82, 2.24) is 9.39 Å². The van der Waals surface area contributed by atoms with Gasteiger partial charge >= 0.3 is 6.09 Å². The fraction of sp³-hybridized carbons (Fsp3) is 0.467. The summed E-state index contributed by atoms with van der Waals surface area (Å²) in [5.74, 6) is 0.305. The highest BCUT2D eigenvalue weighted by atomic mass is 32.5. The molecule has 0 fully saturated rings. The summed E-state index contributed by atoms with van der Waals surface area (Å²) in [7, 11) is 1.63. The number of thioether (sulfide) groups is 1. The summed E-state index contributed by atoms with van der Waals surface area (Å²) in [6.45, 7) is 5.85. The topological polar surface area (TPSA) is 63.2 Å². The third kappa shape index (κ3) is 6.92. The Labute approximate surface area is 163 Å². The molecule has 1 amide bonds. The number of hydrogen-bond acceptors (Lipinski definition) is 7. The van der Waals surface area contributed by atoms with Crippen LogP contribution in [-0.2, 0) is 21.2 Å². The van der Waals surface area contributed by atoms with E-state index < -0.39 is 12.5 Å². The maximum absolute atomic E-state index is 11.7. The van der Waals surface area contributed by atoms with Gasteiger partial charge in [-0.15, -0.1) is 11.8 Å². The smallest absolute Gasteiger partial charge is 0.337 e. The van der Waals surface area contributed by atoms with Crippen LogP contribution in [0, 0.1) is 0 Å². The maximum atomic E-state index is 11.7. The van der Waals surface area contributed by atoms with Gasteiger partial charge in [-0.1, -0.05) is 47.4 Å². The molecule has 0 saturated heterocycles. The number of carbonyl (C=O) groups is 1. The molecular weight excluding hydrogens is 397 g/mol. The summed E-state index contributed by atoms with van der Waals surface area (Å²) in [6, 6.07) is 9.91. The van der Waals surface area contributed by atoms with Gasteiger partial charge in [0.15, 0.2) is 6.42 Å². The lowest BCUT2D eigenvalue weighted by molar-refractivity contribution is 0.153. The quantitative estimate of drug-likeness (QED) is 0.129. The summed E-state index contributed by atoms with van der Waals surface area (Å²) in [5.41, 5.74) is 0. The van der Waals surface area contributed by atoms with E-state index in [1.54, 1.807) is 14.0 Å². The molecular formula is C15H24N3O3PS3. The van der Waals surface area contributed by atoms with Crippen molar-refractivity contribution in [2.75, 3.05) is 19.2 Å². The van der Waals surface area contributed by atoms with Crippen molar-refractivity contribution in [3.63, 3.8) is 0 Å². The highest BCUT2D eigenvalue weighted by Gasteiger charge is 2.31. The Balaban J connectivity index is 2.74. The molecule has 10 heteroatoms. The van der Waals surface area contributed by atoms with Crippen LogP contribution in [0.3, 0.4) is 0 Å². The average Bonchev–Trinajstić information content (AvgIpc) is 2.63. The van der Waals surface area contributed by atoms with Crippen molar-refractivity contribution >= 4 is 58.4 Å². The van der Waals surface area contributed by atoms with Crippen molar-refractivity contribution < 1.29 is 14.2 Å². The number of carbonyl (C=O) groups excluding carboxylic acids is 1. The molecule has 0 heterocycles. The summed E-state index contributed by atoms with van der Waals surface area (Å²) in [4.78, 5) is 16.4. The van der Waals surface area contributed by atoms with Gasteiger partial charge in [0.25, 0.3) is 0 Å². The van der Waals surface area contributed by atoms with Gasteiger partial charge in [-0.2, -0.15) is 4.08 Å². The van der Waals surface area contributed by atoms with Crippen LogP contribution in [0.2, 0.25) is 0 Å². The zero-order valence-electron chi connectivity index (χ0n) is 15.0. The van der Waals surface area contributed by atoms with E-state index in [0.717, 1.165) is 5.30 Å². The van der Waals surface area contributed by atoms with E-state index in [1.807, 2.05) is 54.5 Å². The number of rotatable bonds is 8. The Hall–Kier alpha value is -0.570. The monoisotopic (exact) mass is 421 g/mol. The van der Waals surface area contributed by atoms with Crippen molar-refractivity contribution in [3.8, 4) is 0 Å². The van der Waals surface area contributed by atoms with E-state index >= 15 is 0 Å². The normalized spacial score (nSPS) is 14.4. The van der Waals surface area contributed by atoms with E-state index in [9.17, 15) is 4.79 Å². The van der Waals surface area contributed by atoms with Gasteiger partial charge in [-0.05, 0) is 38.8 Å². The fourth-order valence-electron chi connectivity index (χ4n) is 1.78. The van der Waals surface area contributed by atoms with Gasteiger partial charge in [-0.3, -0.25) is 4.84 Å². The van der Waals surface area contributed by atoms with Gasteiger partial charge in [0, 0.05) is 18.5 Å². The lowest BCUT2D eigenvalue weighted by Crippen LogP contribution is -2.31. The average molecular weight is 422 g/mol. The second kappa shape index (κ2) is 11.2. The van der Waals surface area contributed by atoms with E-state index in [1.165, 1.54) is 23.7 Å². The maximum Gasteiger partial charge on any atom is 0.434 e. The van der Waals surface area contributed by atoms with Crippen molar-refractivity contribution in [2.45, 2.75) is 26.8 Å². The Kier molecular flexibility index (Phi) is 10.1. The third-order valence-electron chi connectivity index (χ3n) is 3.00. The minimum absolute atomic E-state index is 0.130. The molecule has 1 rings (SSSR count). The molecule has 140 valence electrons. The first-order chi connectivity index (χ1) is 11.8. The molecule has 0 saturated carbocycles. The first-order valence-electron chi connectivity index (χ1n) is 7.52. The highest BCUT2D eigenvalue weighted by molar-refractivity contribution is 8.20. The summed E-state index contributed by atoms with van der Waals surface area (Å²) in [6.07, 6.45) is -1.15. The number of hydrogen-bond donors (Lipinski definition) is 1. The molecule has 0 aliphatic rings. The van der Waals surface area contributed by atoms with Crippen molar-refractivity contribution in [2.24, 2.45) is 5.16 Å². The van der Waals surface area contributed by atoms with Crippen LogP contribution >= 0.6 is 30.1 Å². The molecule has 1 N–H and O–H groups in total. The fourth-order valence-corrected chi connectivity index (χ4v) is 6.88. The number of amides is 1. The van der Waals surface area contributed by atoms with Gasteiger partial charge in [-0.25, -0.2) is 4.79 Å². The van der Waals surface area contributed by atoms with Crippen LogP contribution in [0.1, 0.15) is 20.8 Å². The van der Waals surface area contributed by atoms with Gasteiger partial charge < -0.3 is 9.84 Å². The third-order valence-corrected chi connectivity index (χ3v) is 10.0. The molecule has 0 aliphatic heterocycles. The van der Waals surface area contributed by atoms with Crippen molar-refractivity contribution in [3.05, 3.63) is 30.3 Å². The minimum atomic E-state index is -2.41. The minimum Gasteiger partial charge on any atom is -0.337 e. The van der Waals surface area contributed by atoms with Crippen LogP contribution in [0.25, 0.3) is 0 Å². The molecule has 0 bridgehead atoms.